The highest BCUT2D eigenvalue weighted by Gasteiger charge is 2.19. The Bertz CT molecular complexity index is 266. The lowest BCUT2D eigenvalue weighted by Crippen LogP contribution is -1.99. The van der Waals surface area contributed by atoms with Gasteiger partial charge in [-0.15, -0.1) is 0 Å². The molecule has 1 aliphatic heterocycles. The van der Waals surface area contributed by atoms with Crippen molar-refractivity contribution in [2.45, 2.75) is 12.3 Å². The predicted octanol–water partition coefficient (Wildman–Crippen LogP) is 2.33. The summed E-state index contributed by atoms with van der Waals surface area (Å²) in [7, 11) is 0. The van der Waals surface area contributed by atoms with E-state index in [0.717, 1.165) is 18.6 Å². The van der Waals surface area contributed by atoms with Crippen LogP contribution in [0, 0.1) is 5.82 Å². The Kier molecular flexibility index (Phi) is 2.09. The molecule has 2 rings (SSSR count). The second-order valence-corrected chi connectivity index (χ2v) is 3.08. The van der Waals surface area contributed by atoms with Gasteiger partial charge in [0.1, 0.15) is 5.82 Å². The Morgan fingerprint density at radius 3 is 2.83 bits per heavy atom. The molecule has 1 nitrogen and oxygen atoms in total. The first kappa shape index (κ1) is 7.74. The maximum absolute atomic E-state index is 13.2. The van der Waals surface area contributed by atoms with Crippen molar-refractivity contribution in [2.75, 3.05) is 13.2 Å². The van der Waals surface area contributed by atoms with Crippen molar-refractivity contribution in [3.05, 3.63) is 35.6 Å². The first-order chi connectivity index (χ1) is 5.88. The Hall–Kier alpha value is -0.890. The molecule has 1 atom stereocenters. The molecular weight excluding hydrogens is 155 g/mol. The van der Waals surface area contributed by atoms with Gasteiger partial charge in [-0.25, -0.2) is 4.39 Å². The molecule has 64 valence electrons. The summed E-state index contributed by atoms with van der Waals surface area (Å²) in [6, 6.07) is 6.94. The quantitative estimate of drug-likeness (QED) is 0.622. The Morgan fingerprint density at radius 2 is 2.17 bits per heavy atom. The summed E-state index contributed by atoms with van der Waals surface area (Å²) in [5, 5.41) is 0. The van der Waals surface area contributed by atoms with Crippen LogP contribution in [0.4, 0.5) is 4.39 Å². The molecule has 0 saturated carbocycles. The van der Waals surface area contributed by atoms with Gasteiger partial charge in [0.05, 0.1) is 6.61 Å². The van der Waals surface area contributed by atoms with Crippen molar-refractivity contribution >= 4 is 0 Å². The number of ether oxygens (including phenoxy) is 1. The fraction of sp³-hybridized carbons (Fsp3) is 0.400. The van der Waals surface area contributed by atoms with E-state index in [4.69, 9.17) is 4.74 Å². The zero-order valence-electron chi connectivity index (χ0n) is 6.79. The zero-order valence-corrected chi connectivity index (χ0v) is 6.79. The molecule has 12 heavy (non-hydrogen) atoms. The molecule has 1 saturated heterocycles. The van der Waals surface area contributed by atoms with Gasteiger partial charge >= 0.3 is 0 Å². The maximum atomic E-state index is 13.2. The Balaban J connectivity index is 2.26. The Labute approximate surface area is 71.2 Å². The van der Waals surface area contributed by atoms with E-state index >= 15 is 0 Å². The van der Waals surface area contributed by atoms with Crippen molar-refractivity contribution in [2.24, 2.45) is 0 Å². The molecule has 1 aromatic carbocycles. The van der Waals surface area contributed by atoms with Gasteiger partial charge in [0.15, 0.2) is 0 Å². The third-order valence-electron chi connectivity index (χ3n) is 2.27. The number of hydrogen-bond donors (Lipinski definition) is 0. The van der Waals surface area contributed by atoms with Crippen LogP contribution in [0.1, 0.15) is 17.9 Å². The van der Waals surface area contributed by atoms with Crippen LogP contribution < -0.4 is 0 Å². The molecule has 0 radical (unpaired) electrons. The van der Waals surface area contributed by atoms with Crippen LogP contribution in [-0.2, 0) is 4.74 Å². The van der Waals surface area contributed by atoms with E-state index in [1.54, 1.807) is 6.07 Å². The van der Waals surface area contributed by atoms with Crippen LogP contribution in [0.25, 0.3) is 0 Å². The molecule has 0 spiro atoms. The van der Waals surface area contributed by atoms with E-state index in [-0.39, 0.29) is 11.7 Å². The monoisotopic (exact) mass is 166 g/mol. The summed E-state index contributed by atoms with van der Waals surface area (Å²) in [6.07, 6.45) is 0.945. The lowest BCUT2D eigenvalue weighted by Gasteiger charge is -2.07. The van der Waals surface area contributed by atoms with E-state index in [9.17, 15) is 4.39 Å². The van der Waals surface area contributed by atoms with Gasteiger partial charge in [-0.1, -0.05) is 18.2 Å². The fourth-order valence-electron chi connectivity index (χ4n) is 1.59. The molecule has 0 aromatic heterocycles. The number of hydrogen-bond acceptors (Lipinski definition) is 1. The van der Waals surface area contributed by atoms with Crippen LogP contribution in [-0.4, -0.2) is 13.2 Å². The lowest BCUT2D eigenvalue weighted by molar-refractivity contribution is 0.193. The van der Waals surface area contributed by atoms with Gasteiger partial charge in [-0.2, -0.15) is 0 Å². The van der Waals surface area contributed by atoms with Gasteiger partial charge < -0.3 is 4.74 Å². The summed E-state index contributed by atoms with van der Waals surface area (Å²) in [6.45, 7) is 1.43. The average Bonchev–Trinajstić information content (AvgIpc) is 2.57. The number of rotatable bonds is 1. The second-order valence-electron chi connectivity index (χ2n) is 3.08. The van der Waals surface area contributed by atoms with Crippen LogP contribution in [0.15, 0.2) is 24.3 Å². The predicted molar refractivity (Wildman–Crippen MR) is 44.6 cm³/mol. The van der Waals surface area contributed by atoms with Crippen LogP contribution in [0.3, 0.4) is 0 Å². The van der Waals surface area contributed by atoms with Crippen molar-refractivity contribution in [3.63, 3.8) is 0 Å². The first-order valence-corrected chi connectivity index (χ1v) is 4.20. The Morgan fingerprint density at radius 1 is 1.33 bits per heavy atom. The highest BCUT2D eigenvalue weighted by molar-refractivity contribution is 5.22. The molecule has 0 amide bonds. The minimum atomic E-state index is -0.104. The van der Waals surface area contributed by atoms with Crippen molar-refractivity contribution in [3.8, 4) is 0 Å². The molecule has 1 fully saturated rings. The van der Waals surface area contributed by atoms with E-state index < -0.39 is 0 Å². The van der Waals surface area contributed by atoms with Crippen molar-refractivity contribution in [1.82, 2.24) is 0 Å². The second kappa shape index (κ2) is 3.23. The fourth-order valence-corrected chi connectivity index (χ4v) is 1.59. The van der Waals surface area contributed by atoms with Gasteiger partial charge in [0, 0.05) is 12.5 Å². The molecule has 2 heteroatoms. The van der Waals surface area contributed by atoms with Gasteiger partial charge in [-0.05, 0) is 18.1 Å². The molecule has 1 unspecified atom stereocenters. The SMILES string of the molecule is Fc1ccccc1C1CCOC1. The third-order valence-corrected chi connectivity index (χ3v) is 2.27. The zero-order chi connectivity index (χ0) is 8.39. The number of benzene rings is 1. The molecule has 0 aliphatic carbocycles. The summed E-state index contributed by atoms with van der Waals surface area (Å²) in [4.78, 5) is 0. The van der Waals surface area contributed by atoms with Gasteiger partial charge in [0.2, 0.25) is 0 Å². The highest BCUT2D eigenvalue weighted by atomic mass is 19.1. The van der Waals surface area contributed by atoms with E-state index in [1.165, 1.54) is 6.07 Å². The normalized spacial score (nSPS) is 22.9. The number of halogens is 1. The molecule has 1 heterocycles. The van der Waals surface area contributed by atoms with Crippen molar-refractivity contribution in [1.29, 1.82) is 0 Å². The average molecular weight is 166 g/mol. The minimum Gasteiger partial charge on any atom is -0.381 e. The third kappa shape index (κ3) is 1.34. The molecule has 0 N–H and O–H groups in total. The summed E-state index contributed by atoms with van der Waals surface area (Å²) >= 11 is 0. The lowest BCUT2D eigenvalue weighted by atomic mass is 9.98. The minimum absolute atomic E-state index is 0.104. The maximum Gasteiger partial charge on any atom is 0.126 e. The summed E-state index contributed by atoms with van der Waals surface area (Å²) in [5.74, 6) is 0.166. The topological polar surface area (TPSA) is 9.23 Å². The van der Waals surface area contributed by atoms with Crippen molar-refractivity contribution < 1.29 is 9.13 Å². The standard InChI is InChI=1S/C10H11FO/c11-10-4-2-1-3-9(10)8-5-6-12-7-8/h1-4,8H,5-7H2. The van der Waals surface area contributed by atoms with Crippen LogP contribution >= 0.6 is 0 Å². The van der Waals surface area contributed by atoms with E-state index in [1.807, 2.05) is 12.1 Å². The highest BCUT2D eigenvalue weighted by Crippen LogP contribution is 2.26. The molecule has 0 bridgehead atoms. The molecular formula is C10H11FO. The summed E-state index contributed by atoms with van der Waals surface area (Å²) in [5.41, 5.74) is 0.801. The first-order valence-electron chi connectivity index (χ1n) is 4.20. The van der Waals surface area contributed by atoms with E-state index in [0.29, 0.717) is 6.61 Å². The summed E-state index contributed by atoms with van der Waals surface area (Å²) < 4.78 is 18.4. The van der Waals surface area contributed by atoms with Gasteiger partial charge in [0.25, 0.3) is 0 Å². The molecule has 1 aromatic rings. The van der Waals surface area contributed by atoms with Crippen LogP contribution in [0.2, 0.25) is 0 Å². The van der Waals surface area contributed by atoms with E-state index in [2.05, 4.69) is 0 Å². The smallest absolute Gasteiger partial charge is 0.126 e. The van der Waals surface area contributed by atoms with Crippen LogP contribution in [0.5, 0.6) is 0 Å². The molecule has 1 aliphatic rings. The van der Waals surface area contributed by atoms with Gasteiger partial charge in [-0.3, -0.25) is 0 Å². The largest absolute Gasteiger partial charge is 0.381 e.